The van der Waals surface area contributed by atoms with Gasteiger partial charge in [-0.1, -0.05) is 6.07 Å². The van der Waals surface area contributed by atoms with E-state index in [0.717, 1.165) is 31.0 Å². The molecular formula is C12H16ClNO2. The molecule has 1 aromatic rings. The molecule has 0 N–H and O–H groups in total. The van der Waals surface area contributed by atoms with Crippen molar-refractivity contribution in [2.45, 2.75) is 6.42 Å². The van der Waals surface area contributed by atoms with Crippen molar-refractivity contribution in [3.63, 3.8) is 0 Å². The molecule has 1 aliphatic rings. The predicted octanol–water partition coefficient (Wildman–Crippen LogP) is 2.13. The van der Waals surface area contributed by atoms with Crippen LogP contribution in [0.25, 0.3) is 0 Å². The third-order valence-electron chi connectivity index (χ3n) is 2.69. The second-order valence-electron chi connectivity index (χ2n) is 3.93. The Hall–Kier alpha value is -0.930. The van der Waals surface area contributed by atoms with E-state index in [1.54, 1.807) is 0 Å². The average Bonchev–Trinajstić information content (AvgIpc) is 2.74. The second kappa shape index (κ2) is 5.41. The molecule has 1 aromatic carbocycles. The fraction of sp³-hybridized carbons (Fsp3) is 0.500. The van der Waals surface area contributed by atoms with Crippen molar-refractivity contribution in [3.05, 3.63) is 23.8 Å². The SMILES string of the molecule is CN(CCCl)CCc1ccc2c(c1)OCO2. The number of hydrogen-bond donors (Lipinski definition) is 0. The zero-order chi connectivity index (χ0) is 11.4. The molecule has 0 aromatic heterocycles. The number of rotatable bonds is 5. The minimum Gasteiger partial charge on any atom is -0.454 e. The second-order valence-corrected chi connectivity index (χ2v) is 4.31. The summed E-state index contributed by atoms with van der Waals surface area (Å²) in [7, 11) is 2.08. The molecular weight excluding hydrogens is 226 g/mol. The summed E-state index contributed by atoms with van der Waals surface area (Å²) < 4.78 is 10.6. The van der Waals surface area contributed by atoms with Gasteiger partial charge in [0.2, 0.25) is 6.79 Å². The molecule has 0 atom stereocenters. The maximum atomic E-state index is 5.68. The Morgan fingerprint density at radius 1 is 1.25 bits per heavy atom. The highest BCUT2D eigenvalue weighted by atomic mass is 35.5. The largest absolute Gasteiger partial charge is 0.454 e. The molecule has 0 amide bonds. The number of likely N-dealkylation sites (N-methyl/N-ethyl adjacent to an activating group) is 1. The van der Waals surface area contributed by atoms with Crippen LogP contribution in [0.2, 0.25) is 0 Å². The zero-order valence-corrected chi connectivity index (χ0v) is 10.2. The fourth-order valence-electron chi connectivity index (χ4n) is 1.67. The third kappa shape index (κ3) is 2.80. The Kier molecular flexibility index (Phi) is 3.91. The number of alkyl halides is 1. The Labute approximate surface area is 101 Å². The fourth-order valence-corrected chi connectivity index (χ4v) is 1.96. The predicted molar refractivity (Wildman–Crippen MR) is 64.5 cm³/mol. The molecule has 2 rings (SSSR count). The van der Waals surface area contributed by atoms with Gasteiger partial charge in [0.05, 0.1) is 0 Å². The van der Waals surface area contributed by atoms with Crippen molar-refractivity contribution < 1.29 is 9.47 Å². The molecule has 0 radical (unpaired) electrons. The lowest BCUT2D eigenvalue weighted by Gasteiger charge is -2.14. The first kappa shape index (κ1) is 11.6. The van der Waals surface area contributed by atoms with Gasteiger partial charge in [-0.25, -0.2) is 0 Å². The van der Waals surface area contributed by atoms with E-state index >= 15 is 0 Å². The summed E-state index contributed by atoms with van der Waals surface area (Å²) in [6.45, 7) is 2.27. The van der Waals surface area contributed by atoms with Crippen LogP contribution in [0.1, 0.15) is 5.56 Å². The van der Waals surface area contributed by atoms with Gasteiger partial charge < -0.3 is 14.4 Å². The van der Waals surface area contributed by atoms with Gasteiger partial charge in [0.1, 0.15) is 0 Å². The van der Waals surface area contributed by atoms with Crippen LogP contribution in [-0.2, 0) is 6.42 Å². The van der Waals surface area contributed by atoms with Crippen LogP contribution in [0.15, 0.2) is 18.2 Å². The molecule has 1 aliphatic heterocycles. The summed E-state index contributed by atoms with van der Waals surface area (Å²) in [6.07, 6.45) is 1.00. The molecule has 3 nitrogen and oxygen atoms in total. The summed E-state index contributed by atoms with van der Waals surface area (Å²) in [6, 6.07) is 6.11. The first-order valence-corrected chi connectivity index (χ1v) is 5.96. The number of ether oxygens (including phenoxy) is 2. The summed E-state index contributed by atoms with van der Waals surface area (Å²) in [5.41, 5.74) is 1.27. The Bertz CT molecular complexity index is 357. The summed E-state index contributed by atoms with van der Waals surface area (Å²) in [5, 5.41) is 0. The molecule has 4 heteroatoms. The van der Waals surface area contributed by atoms with E-state index in [1.165, 1.54) is 5.56 Å². The van der Waals surface area contributed by atoms with E-state index in [1.807, 2.05) is 6.07 Å². The summed E-state index contributed by atoms with van der Waals surface area (Å²) >= 11 is 5.68. The highest BCUT2D eigenvalue weighted by Gasteiger charge is 2.13. The molecule has 0 unspecified atom stereocenters. The number of halogens is 1. The van der Waals surface area contributed by atoms with Gasteiger partial charge in [0.25, 0.3) is 0 Å². The third-order valence-corrected chi connectivity index (χ3v) is 2.85. The monoisotopic (exact) mass is 241 g/mol. The highest BCUT2D eigenvalue weighted by molar-refractivity contribution is 6.18. The van der Waals surface area contributed by atoms with Gasteiger partial charge in [-0.3, -0.25) is 0 Å². The van der Waals surface area contributed by atoms with Crippen molar-refractivity contribution in [3.8, 4) is 11.5 Å². The van der Waals surface area contributed by atoms with Crippen molar-refractivity contribution in [2.24, 2.45) is 0 Å². The highest BCUT2D eigenvalue weighted by Crippen LogP contribution is 2.32. The van der Waals surface area contributed by atoms with E-state index in [9.17, 15) is 0 Å². The zero-order valence-electron chi connectivity index (χ0n) is 9.41. The normalized spacial score (nSPS) is 13.4. The lowest BCUT2D eigenvalue weighted by atomic mass is 10.1. The molecule has 16 heavy (non-hydrogen) atoms. The van der Waals surface area contributed by atoms with Gasteiger partial charge in [0.15, 0.2) is 11.5 Å². The molecule has 88 valence electrons. The number of fused-ring (bicyclic) bond motifs is 1. The topological polar surface area (TPSA) is 21.7 Å². The van der Waals surface area contributed by atoms with Gasteiger partial charge in [-0.2, -0.15) is 0 Å². The number of hydrogen-bond acceptors (Lipinski definition) is 3. The van der Waals surface area contributed by atoms with Gasteiger partial charge in [-0.15, -0.1) is 11.6 Å². The molecule has 0 bridgehead atoms. The molecule has 0 saturated carbocycles. The van der Waals surface area contributed by atoms with Crippen LogP contribution in [0.4, 0.5) is 0 Å². The van der Waals surface area contributed by atoms with Crippen LogP contribution in [-0.4, -0.2) is 37.7 Å². The minimum absolute atomic E-state index is 0.338. The van der Waals surface area contributed by atoms with Crippen molar-refractivity contribution in [1.82, 2.24) is 4.90 Å². The van der Waals surface area contributed by atoms with Crippen LogP contribution < -0.4 is 9.47 Å². The van der Waals surface area contributed by atoms with Crippen molar-refractivity contribution in [1.29, 1.82) is 0 Å². The van der Waals surface area contributed by atoms with Crippen LogP contribution in [0.5, 0.6) is 11.5 Å². The maximum Gasteiger partial charge on any atom is 0.231 e. The van der Waals surface area contributed by atoms with Gasteiger partial charge in [-0.05, 0) is 31.2 Å². The average molecular weight is 242 g/mol. The Morgan fingerprint density at radius 2 is 2.06 bits per heavy atom. The Morgan fingerprint density at radius 3 is 2.88 bits per heavy atom. The smallest absolute Gasteiger partial charge is 0.231 e. The standard InChI is InChI=1S/C12H16ClNO2/c1-14(7-5-13)6-4-10-2-3-11-12(8-10)16-9-15-11/h2-3,8H,4-7,9H2,1H3. The van der Waals surface area contributed by atoms with E-state index < -0.39 is 0 Å². The van der Waals surface area contributed by atoms with Crippen LogP contribution in [0.3, 0.4) is 0 Å². The first-order chi connectivity index (χ1) is 7.79. The van der Waals surface area contributed by atoms with E-state index in [4.69, 9.17) is 21.1 Å². The first-order valence-electron chi connectivity index (χ1n) is 5.42. The van der Waals surface area contributed by atoms with E-state index in [-0.39, 0.29) is 0 Å². The van der Waals surface area contributed by atoms with Crippen LogP contribution >= 0.6 is 11.6 Å². The molecule has 0 spiro atoms. The molecule has 0 aliphatic carbocycles. The van der Waals surface area contributed by atoms with Crippen LogP contribution in [0, 0.1) is 0 Å². The van der Waals surface area contributed by atoms with Crippen molar-refractivity contribution in [2.75, 3.05) is 32.8 Å². The van der Waals surface area contributed by atoms with Crippen molar-refractivity contribution >= 4 is 11.6 Å². The number of benzene rings is 1. The molecule has 0 saturated heterocycles. The summed E-state index contributed by atoms with van der Waals surface area (Å²) in [4.78, 5) is 2.22. The van der Waals surface area contributed by atoms with Gasteiger partial charge in [0, 0.05) is 19.0 Å². The maximum absolute atomic E-state index is 5.68. The molecule has 1 heterocycles. The lowest BCUT2D eigenvalue weighted by Crippen LogP contribution is -2.23. The quantitative estimate of drug-likeness (QED) is 0.738. The van der Waals surface area contributed by atoms with Gasteiger partial charge >= 0.3 is 0 Å². The summed E-state index contributed by atoms with van der Waals surface area (Å²) in [5.74, 6) is 2.38. The van der Waals surface area contributed by atoms with E-state index in [2.05, 4.69) is 24.1 Å². The minimum atomic E-state index is 0.338. The van der Waals surface area contributed by atoms with E-state index in [0.29, 0.717) is 12.7 Å². The Balaban J connectivity index is 1.90. The molecule has 0 fully saturated rings. The number of nitrogens with zero attached hydrogens (tertiary/aromatic N) is 1. The lowest BCUT2D eigenvalue weighted by molar-refractivity contribution is 0.174.